The van der Waals surface area contributed by atoms with Crippen molar-refractivity contribution >= 4 is 0 Å². The first-order valence-electron chi connectivity index (χ1n) is 7.22. The van der Waals surface area contributed by atoms with E-state index in [0.29, 0.717) is 0 Å². The van der Waals surface area contributed by atoms with Crippen molar-refractivity contribution < 1.29 is 17.1 Å². The maximum Gasteiger partial charge on any atom is 2.00 e. The molecule has 0 amide bonds. The van der Waals surface area contributed by atoms with Gasteiger partial charge in [0.05, 0.1) is 0 Å². The molecule has 0 saturated carbocycles. The third-order valence-corrected chi connectivity index (χ3v) is 3.47. The predicted molar refractivity (Wildman–Crippen MR) is 81.6 cm³/mol. The third kappa shape index (κ3) is 5.80. The van der Waals surface area contributed by atoms with Crippen LogP contribution in [0.5, 0.6) is 0 Å². The summed E-state index contributed by atoms with van der Waals surface area (Å²) < 4.78 is 0. The first-order valence-corrected chi connectivity index (χ1v) is 7.22. The molecule has 0 aliphatic rings. The van der Waals surface area contributed by atoms with E-state index >= 15 is 0 Å². The zero-order valence-electron chi connectivity index (χ0n) is 12.6. The average Bonchev–Trinajstić information content (AvgIpc) is 3.07. The maximum absolute atomic E-state index is 2.28. The summed E-state index contributed by atoms with van der Waals surface area (Å²) in [5, 5.41) is 0. The number of aryl methyl sites for hydroxylation is 4. The molecule has 19 heavy (non-hydrogen) atoms. The second-order valence-corrected chi connectivity index (χ2v) is 4.62. The van der Waals surface area contributed by atoms with Gasteiger partial charge in [-0.25, -0.2) is 12.1 Å². The van der Waals surface area contributed by atoms with Crippen molar-refractivity contribution in [2.24, 2.45) is 0 Å². The maximum atomic E-state index is 2.28. The monoisotopic (exact) mass is 298 g/mol. The van der Waals surface area contributed by atoms with Gasteiger partial charge >= 0.3 is 17.1 Å². The van der Waals surface area contributed by atoms with Crippen LogP contribution in [0.4, 0.5) is 0 Å². The minimum atomic E-state index is 0. The van der Waals surface area contributed by atoms with Gasteiger partial charge in [-0.3, -0.25) is 0 Å². The standard InChI is InChI=1S/2C9H13.Fe/c1-3-8-5-6-9(4-2)7-8;1-3-8-6-5-7-9(8)4-2;/h2*5-7H,3-4H2,1-2H3;/q2*-1;+2. The molecule has 2 aromatic rings. The van der Waals surface area contributed by atoms with Crippen LogP contribution in [0, 0.1) is 0 Å². The van der Waals surface area contributed by atoms with Gasteiger partial charge in [-0.05, 0) is 0 Å². The first kappa shape index (κ1) is 18.2. The SMILES string of the molecule is CCc1c[cH-]c(CC)c1.CCc1cc[cH-]c1CC.[Fe+2]. The van der Waals surface area contributed by atoms with Crippen molar-refractivity contribution in [3.05, 3.63) is 58.7 Å². The molecule has 0 fully saturated rings. The topological polar surface area (TPSA) is 0 Å². The Hall–Kier alpha value is -0.781. The molecule has 1 heteroatoms. The second kappa shape index (κ2) is 10.1. The van der Waals surface area contributed by atoms with Crippen LogP contribution in [0.1, 0.15) is 49.9 Å². The molecule has 0 unspecified atom stereocenters. The molecule has 0 radical (unpaired) electrons. The van der Waals surface area contributed by atoms with E-state index in [9.17, 15) is 0 Å². The third-order valence-electron chi connectivity index (χ3n) is 3.47. The molecule has 2 rings (SSSR count). The van der Waals surface area contributed by atoms with E-state index in [1.165, 1.54) is 47.9 Å². The summed E-state index contributed by atoms with van der Waals surface area (Å²) in [6, 6.07) is 13.2. The molecule has 0 atom stereocenters. The van der Waals surface area contributed by atoms with Crippen molar-refractivity contribution in [2.75, 3.05) is 0 Å². The molecule has 0 aliphatic carbocycles. The summed E-state index contributed by atoms with van der Waals surface area (Å²) in [5.41, 5.74) is 5.95. The van der Waals surface area contributed by atoms with Crippen LogP contribution >= 0.6 is 0 Å². The van der Waals surface area contributed by atoms with Gasteiger partial charge in [0.2, 0.25) is 0 Å². The van der Waals surface area contributed by atoms with Crippen molar-refractivity contribution in [1.29, 1.82) is 0 Å². The van der Waals surface area contributed by atoms with Gasteiger partial charge in [0.1, 0.15) is 0 Å². The predicted octanol–water partition coefficient (Wildman–Crippen LogP) is 5.06. The average molecular weight is 298 g/mol. The van der Waals surface area contributed by atoms with Gasteiger partial charge in [0.25, 0.3) is 0 Å². The first-order chi connectivity index (χ1) is 8.74. The molecule has 0 spiro atoms. The van der Waals surface area contributed by atoms with Crippen LogP contribution in [-0.2, 0) is 42.8 Å². The number of hydrogen-bond donors (Lipinski definition) is 0. The molecule has 0 nitrogen and oxygen atoms in total. The van der Waals surface area contributed by atoms with E-state index in [2.05, 4.69) is 64.1 Å². The Morgan fingerprint density at radius 1 is 0.895 bits per heavy atom. The van der Waals surface area contributed by atoms with E-state index in [0.717, 1.165) is 0 Å². The van der Waals surface area contributed by atoms with Crippen molar-refractivity contribution in [2.45, 2.75) is 53.4 Å². The summed E-state index contributed by atoms with van der Waals surface area (Å²) in [6.07, 6.45) is 4.69. The van der Waals surface area contributed by atoms with Gasteiger partial charge in [-0.1, -0.05) is 53.4 Å². The Labute approximate surface area is 129 Å². The van der Waals surface area contributed by atoms with Crippen LogP contribution in [0.2, 0.25) is 0 Å². The van der Waals surface area contributed by atoms with Gasteiger partial charge in [0.15, 0.2) is 0 Å². The molecule has 2 aromatic carbocycles. The summed E-state index contributed by atoms with van der Waals surface area (Å²) in [5.74, 6) is 0. The smallest absolute Gasteiger partial charge is 0.210 e. The van der Waals surface area contributed by atoms with E-state index in [1.54, 1.807) is 0 Å². The molecule has 106 valence electrons. The van der Waals surface area contributed by atoms with E-state index in [-0.39, 0.29) is 17.1 Å². The Morgan fingerprint density at radius 2 is 1.63 bits per heavy atom. The molecule has 0 heterocycles. The molecule has 0 aliphatic heterocycles. The summed E-state index contributed by atoms with van der Waals surface area (Å²) in [4.78, 5) is 0. The Bertz CT molecular complexity index is 397. The van der Waals surface area contributed by atoms with Crippen LogP contribution < -0.4 is 0 Å². The summed E-state index contributed by atoms with van der Waals surface area (Å²) in [6.45, 7) is 8.78. The molecule has 0 bridgehead atoms. The van der Waals surface area contributed by atoms with Gasteiger partial charge in [-0.2, -0.15) is 46.5 Å². The van der Waals surface area contributed by atoms with Gasteiger partial charge in [0, 0.05) is 0 Å². The minimum absolute atomic E-state index is 0. The zero-order valence-corrected chi connectivity index (χ0v) is 13.8. The summed E-state index contributed by atoms with van der Waals surface area (Å²) in [7, 11) is 0. The molecule has 0 N–H and O–H groups in total. The fourth-order valence-corrected chi connectivity index (χ4v) is 2.17. The van der Waals surface area contributed by atoms with Crippen LogP contribution in [0.25, 0.3) is 0 Å². The molecule has 0 saturated heterocycles. The Morgan fingerprint density at radius 3 is 2.00 bits per heavy atom. The second-order valence-electron chi connectivity index (χ2n) is 4.62. The minimum Gasteiger partial charge on any atom is -0.210 e. The van der Waals surface area contributed by atoms with Gasteiger partial charge in [-0.15, -0.1) is 0 Å². The van der Waals surface area contributed by atoms with Crippen LogP contribution in [0.15, 0.2) is 36.4 Å². The largest absolute Gasteiger partial charge is 2.00 e. The molecular weight excluding hydrogens is 272 g/mol. The fourth-order valence-electron chi connectivity index (χ4n) is 2.17. The molecular formula is C18H26Fe. The van der Waals surface area contributed by atoms with Gasteiger partial charge < -0.3 is 0 Å². The van der Waals surface area contributed by atoms with E-state index in [4.69, 9.17) is 0 Å². The van der Waals surface area contributed by atoms with E-state index in [1.807, 2.05) is 0 Å². The quantitative estimate of drug-likeness (QED) is 0.547. The van der Waals surface area contributed by atoms with Crippen molar-refractivity contribution in [1.82, 2.24) is 0 Å². The fraction of sp³-hybridized carbons (Fsp3) is 0.444. The number of rotatable bonds is 4. The van der Waals surface area contributed by atoms with E-state index < -0.39 is 0 Å². The molecule has 0 aromatic heterocycles. The Balaban J connectivity index is 0.000000324. The number of hydrogen-bond acceptors (Lipinski definition) is 0. The van der Waals surface area contributed by atoms with Crippen molar-refractivity contribution in [3.63, 3.8) is 0 Å². The van der Waals surface area contributed by atoms with Crippen LogP contribution in [-0.4, -0.2) is 0 Å². The van der Waals surface area contributed by atoms with Crippen LogP contribution in [0.3, 0.4) is 0 Å². The van der Waals surface area contributed by atoms with Crippen molar-refractivity contribution in [3.8, 4) is 0 Å². The summed E-state index contributed by atoms with van der Waals surface area (Å²) >= 11 is 0. The zero-order chi connectivity index (χ0) is 13.4. The normalized spacial score (nSPS) is 9.47. The Kier molecular flexibility index (Phi) is 9.65.